The first-order valence-electron chi connectivity index (χ1n) is 30.8. The quantitative estimate of drug-likeness (QED) is 0.0232. The van der Waals surface area contributed by atoms with Crippen LogP contribution >= 0.6 is 0 Å². The van der Waals surface area contributed by atoms with Gasteiger partial charge in [0.1, 0.15) is 30.5 Å². The van der Waals surface area contributed by atoms with Crippen LogP contribution in [0, 0.1) is 0 Å². The summed E-state index contributed by atoms with van der Waals surface area (Å²) in [6, 6.07) is -0.980. The second-order valence-corrected chi connectivity index (χ2v) is 21.6. The van der Waals surface area contributed by atoms with Gasteiger partial charge in [0.05, 0.1) is 25.4 Å². The molecule has 0 aromatic heterocycles. The zero-order valence-electron chi connectivity index (χ0n) is 46.8. The molecular formula is C62H117NO9. The minimum atomic E-state index is -1.61. The van der Waals surface area contributed by atoms with E-state index in [1.807, 2.05) is 6.08 Å². The van der Waals surface area contributed by atoms with E-state index >= 15 is 0 Å². The molecular weight excluding hydrogens is 903 g/mol. The van der Waals surface area contributed by atoms with Crippen molar-refractivity contribution < 1.29 is 44.9 Å². The molecule has 424 valence electrons. The highest BCUT2D eigenvalue weighted by atomic mass is 16.7. The Morgan fingerprint density at radius 1 is 0.486 bits per heavy atom. The van der Waals surface area contributed by atoms with E-state index in [4.69, 9.17) is 9.47 Å². The zero-order chi connectivity index (χ0) is 52.4. The lowest BCUT2D eigenvalue weighted by Gasteiger charge is -2.40. The van der Waals surface area contributed by atoms with Crippen LogP contribution in [0.15, 0.2) is 36.5 Å². The van der Waals surface area contributed by atoms with Crippen LogP contribution in [0.3, 0.4) is 0 Å². The second-order valence-electron chi connectivity index (χ2n) is 21.6. The van der Waals surface area contributed by atoms with Gasteiger partial charge in [-0.25, -0.2) is 0 Å². The van der Waals surface area contributed by atoms with E-state index in [2.05, 4.69) is 43.5 Å². The van der Waals surface area contributed by atoms with Crippen LogP contribution in [-0.4, -0.2) is 98.7 Å². The average Bonchev–Trinajstić information content (AvgIpc) is 3.38. The summed E-state index contributed by atoms with van der Waals surface area (Å²) in [5, 5.41) is 65.1. The molecule has 0 radical (unpaired) electrons. The van der Waals surface area contributed by atoms with Gasteiger partial charge in [0.25, 0.3) is 0 Å². The van der Waals surface area contributed by atoms with Crippen LogP contribution in [0.2, 0.25) is 0 Å². The van der Waals surface area contributed by atoms with E-state index in [0.29, 0.717) is 6.42 Å². The van der Waals surface area contributed by atoms with Gasteiger partial charge in [-0.1, -0.05) is 275 Å². The molecule has 1 rings (SSSR count). The van der Waals surface area contributed by atoms with Gasteiger partial charge in [-0.3, -0.25) is 4.79 Å². The number of ether oxygens (including phenoxy) is 2. The van der Waals surface area contributed by atoms with Crippen LogP contribution < -0.4 is 5.32 Å². The van der Waals surface area contributed by atoms with Crippen LogP contribution in [-0.2, 0) is 14.3 Å². The van der Waals surface area contributed by atoms with Crippen molar-refractivity contribution in [2.24, 2.45) is 0 Å². The summed E-state index contributed by atoms with van der Waals surface area (Å²) in [6.07, 6.45) is 56.9. The van der Waals surface area contributed by atoms with E-state index in [1.165, 1.54) is 218 Å². The third-order valence-electron chi connectivity index (χ3n) is 14.8. The number of allylic oxidation sites excluding steroid dienone is 5. The van der Waals surface area contributed by atoms with Gasteiger partial charge < -0.3 is 45.4 Å². The number of amides is 1. The highest BCUT2D eigenvalue weighted by Gasteiger charge is 2.44. The van der Waals surface area contributed by atoms with E-state index in [1.54, 1.807) is 6.08 Å². The Labute approximate surface area is 443 Å². The van der Waals surface area contributed by atoms with Gasteiger partial charge in [0, 0.05) is 0 Å². The maximum atomic E-state index is 13.1. The third-order valence-corrected chi connectivity index (χ3v) is 14.8. The van der Waals surface area contributed by atoms with Crippen LogP contribution in [0.1, 0.15) is 290 Å². The Morgan fingerprint density at radius 2 is 0.847 bits per heavy atom. The molecule has 0 saturated carbocycles. The molecule has 1 saturated heterocycles. The standard InChI is InChI=1S/C62H117NO9/c1-3-5-7-9-11-13-15-17-19-20-21-22-23-24-25-26-27-28-29-30-31-32-33-34-35-37-39-41-43-45-47-49-51-56(66)61(70)63-54(53-71-62-60(69)59(68)58(67)57(52-64)72-62)55(65)50-48-46-44-42-40-38-36-18-16-14-12-10-8-6-4-2/h21-22,24-25,48,50,54-60,62,64-69H,3-20,23,26-47,49,51-53H2,1-2H3,(H,63,70)/b22-21-,25-24-,50-48+. The fourth-order valence-corrected chi connectivity index (χ4v) is 9.84. The Balaban J connectivity index is 2.17. The monoisotopic (exact) mass is 1020 g/mol. The highest BCUT2D eigenvalue weighted by molar-refractivity contribution is 5.80. The lowest BCUT2D eigenvalue weighted by atomic mass is 9.99. The maximum absolute atomic E-state index is 13.1. The molecule has 7 N–H and O–H groups in total. The first kappa shape index (κ1) is 68.4. The van der Waals surface area contributed by atoms with Crippen molar-refractivity contribution in [3.63, 3.8) is 0 Å². The fraction of sp³-hybridized carbons (Fsp3) is 0.887. The fourth-order valence-electron chi connectivity index (χ4n) is 9.84. The maximum Gasteiger partial charge on any atom is 0.249 e. The summed E-state index contributed by atoms with van der Waals surface area (Å²) in [4.78, 5) is 13.1. The van der Waals surface area contributed by atoms with E-state index in [0.717, 1.165) is 51.4 Å². The minimum absolute atomic E-state index is 0.304. The Hall–Kier alpha value is -1.63. The van der Waals surface area contributed by atoms with Gasteiger partial charge in [-0.2, -0.15) is 0 Å². The number of nitrogens with one attached hydrogen (secondary N) is 1. The van der Waals surface area contributed by atoms with E-state index in [-0.39, 0.29) is 6.61 Å². The van der Waals surface area contributed by atoms with E-state index < -0.39 is 61.5 Å². The first-order valence-corrected chi connectivity index (χ1v) is 30.8. The summed E-state index contributed by atoms with van der Waals surface area (Å²) in [7, 11) is 0. The summed E-state index contributed by atoms with van der Waals surface area (Å²) < 4.78 is 11.2. The van der Waals surface area contributed by atoms with Crippen molar-refractivity contribution >= 4 is 5.91 Å². The van der Waals surface area contributed by atoms with Gasteiger partial charge in [0.2, 0.25) is 5.91 Å². The number of aliphatic hydroxyl groups excluding tert-OH is 6. The summed E-state index contributed by atoms with van der Waals surface area (Å²) in [5.74, 6) is -0.613. The predicted octanol–water partition coefficient (Wildman–Crippen LogP) is 14.5. The Morgan fingerprint density at radius 3 is 1.24 bits per heavy atom. The summed E-state index contributed by atoms with van der Waals surface area (Å²) in [6.45, 7) is 3.64. The molecule has 1 aliphatic rings. The average molecular weight is 1020 g/mol. The minimum Gasteiger partial charge on any atom is -0.394 e. The van der Waals surface area contributed by atoms with Crippen molar-refractivity contribution in [3.8, 4) is 0 Å². The molecule has 0 aliphatic carbocycles. The number of aliphatic hydroxyl groups is 6. The van der Waals surface area contributed by atoms with Crippen LogP contribution in [0.25, 0.3) is 0 Å². The second kappa shape index (κ2) is 51.5. The van der Waals surface area contributed by atoms with E-state index in [9.17, 15) is 35.4 Å². The molecule has 1 aliphatic heterocycles. The normalized spacial score (nSPS) is 19.8. The number of carbonyl (C=O) groups is 1. The van der Waals surface area contributed by atoms with Gasteiger partial charge in [0.15, 0.2) is 6.29 Å². The number of rotatable bonds is 53. The lowest BCUT2D eigenvalue weighted by Crippen LogP contribution is -2.60. The molecule has 0 spiro atoms. The Bertz CT molecular complexity index is 1240. The molecule has 72 heavy (non-hydrogen) atoms. The SMILES string of the molecule is CCCCCCCCCCC/C=C\C/C=C\CCCCCCCCCCCCCCCCCCC(O)C(=O)NC(COC1OC(CO)C(O)C(O)C1O)C(O)/C=C/CCCCCCCCCCCCCCC. The van der Waals surface area contributed by atoms with Crippen molar-refractivity contribution in [2.75, 3.05) is 13.2 Å². The van der Waals surface area contributed by atoms with Gasteiger partial charge in [-0.15, -0.1) is 0 Å². The molecule has 10 heteroatoms. The van der Waals surface area contributed by atoms with Crippen molar-refractivity contribution in [1.29, 1.82) is 0 Å². The highest BCUT2D eigenvalue weighted by Crippen LogP contribution is 2.23. The molecule has 8 unspecified atom stereocenters. The number of unbranched alkanes of at least 4 members (excludes halogenated alkanes) is 38. The lowest BCUT2D eigenvalue weighted by molar-refractivity contribution is -0.302. The number of hydrogen-bond donors (Lipinski definition) is 7. The van der Waals surface area contributed by atoms with Crippen molar-refractivity contribution in [2.45, 2.75) is 339 Å². The summed E-state index contributed by atoms with van der Waals surface area (Å²) in [5.41, 5.74) is 0. The molecule has 0 aromatic rings. The topological polar surface area (TPSA) is 169 Å². The third kappa shape index (κ3) is 39.7. The number of hydrogen-bond acceptors (Lipinski definition) is 9. The molecule has 8 atom stereocenters. The smallest absolute Gasteiger partial charge is 0.249 e. The Kier molecular flexibility index (Phi) is 48.9. The molecule has 1 fully saturated rings. The molecule has 1 amide bonds. The largest absolute Gasteiger partial charge is 0.394 e. The van der Waals surface area contributed by atoms with Crippen molar-refractivity contribution in [1.82, 2.24) is 5.32 Å². The zero-order valence-corrected chi connectivity index (χ0v) is 46.8. The molecule has 0 bridgehead atoms. The van der Waals surface area contributed by atoms with Crippen LogP contribution in [0.4, 0.5) is 0 Å². The van der Waals surface area contributed by atoms with Gasteiger partial charge in [-0.05, 0) is 51.4 Å². The van der Waals surface area contributed by atoms with Crippen LogP contribution in [0.5, 0.6) is 0 Å². The molecule has 1 heterocycles. The van der Waals surface area contributed by atoms with Gasteiger partial charge >= 0.3 is 0 Å². The molecule has 0 aromatic carbocycles. The number of carbonyl (C=O) groups excluding carboxylic acids is 1. The molecule has 10 nitrogen and oxygen atoms in total. The predicted molar refractivity (Wildman–Crippen MR) is 301 cm³/mol. The first-order chi connectivity index (χ1) is 35.3. The van der Waals surface area contributed by atoms with Crippen molar-refractivity contribution in [3.05, 3.63) is 36.5 Å². The summed E-state index contributed by atoms with van der Waals surface area (Å²) >= 11 is 0.